The minimum Gasteiger partial charge on any atom is -0.324 e. The Hall–Kier alpha value is -2.27. The van der Waals surface area contributed by atoms with Gasteiger partial charge in [-0.3, -0.25) is 4.79 Å². The van der Waals surface area contributed by atoms with Gasteiger partial charge >= 0.3 is 0 Å². The summed E-state index contributed by atoms with van der Waals surface area (Å²) in [5.41, 5.74) is 7.26. The molecule has 0 fully saturated rings. The summed E-state index contributed by atoms with van der Waals surface area (Å²) in [7, 11) is 0. The minimum atomic E-state index is -1.12. The molecule has 3 nitrogen and oxygen atoms in total. The molecule has 3 rings (SSSR count). The van der Waals surface area contributed by atoms with E-state index < -0.39 is 17.5 Å². The summed E-state index contributed by atoms with van der Waals surface area (Å²) in [5.74, 6) is -2.69. The highest BCUT2D eigenvalue weighted by Gasteiger charge is 2.29. The first-order valence-corrected chi connectivity index (χ1v) is 6.70. The smallest absolute Gasteiger partial charge is 0.261 e. The van der Waals surface area contributed by atoms with Crippen LogP contribution in [0.5, 0.6) is 0 Å². The number of carbonyl (C=O) groups is 1. The summed E-state index contributed by atoms with van der Waals surface area (Å²) in [4.78, 5) is 14.0. The summed E-state index contributed by atoms with van der Waals surface area (Å²) in [6.45, 7) is 0.382. The maximum absolute atomic E-state index is 13.8. The van der Waals surface area contributed by atoms with E-state index in [0.717, 1.165) is 11.6 Å². The summed E-state index contributed by atoms with van der Waals surface area (Å²) in [6, 6.07) is 10.7. The highest BCUT2D eigenvalue weighted by atomic mass is 19.2. The molecule has 0 aromatic heterocycles. The molecular weight excluding hydrogens is 274 g/mol. The molecule has 1 unspecified atom stereocenters. The normalized spacial score (nSPS) is 17.5. The molecule has 0 aliphatic carbocycles. The summed E-state index contributed by atoms with van der Waals surface area (Å²) in [6.07, 6.45) is 0.583. The Labute approximate surface area is 121 Å². The number of amides is 1. The maximum Gasteiger partial charge on any atom is 0.261 e. The fourth-order valence-corrected chi connectivity index (χ4v) is 2.62. The summed E-state index contributed by atoms with van der Waals surface area (Å²) < 4.78 is 27.1. The van der Waals surface area contributed by atoms with Crippen molar-refractivity contribution in [2.24, 2.45) is 5.73 Å². The number of para-hydroxylation sites is 1. The van der Waals surface area contributed by atoms with Gasteiger partial charge in [0.15, 0.2) is 11.6 Å². The van der Waals surface area contributed by atoms with Gasteiger partial charge in [-0.1, -0.05) is 24.3 Å². The van der Waals surface area contributed by atoms with E-state index >= 15 is 0 Å². The van der Waals surface area contributed by atoms with Crippen LogP contribution >= 0.6 is 0 Å². The Bertz CT molecular complexity index is 702. The van der Waals surface area contributed by atoms with Gasteiger partial charge in [0, 0.05) is 18.3 Å². The lowest BCUT2D eigenvalue weighted by atomic mass is 9.96. The van der Waals surface area contributed by atoms with Gasteiger partial charge in [-0.2, -0.15) is 0 Å². The molecule has 21 heavy (non-hydrogen) atoms. The highest BCUT2D eigenvalue weighted by molar-refractivity contribution is 6.07. The highest BCUT2D eigenvalue weighted by Crippen LogP contribution is 2.33. The van der Waals surface area contributed by atoms with Crippen molar-refractivity contribution >= 4 is 11.6 Å². The Balaban J connectivity index is 2.03. The number of nitrogens with zero attached hydrogens (tertiary/aromatic N) is 1. The van der Waals surface area contributed by atoms with Crippen LogP contribution in [-0.2, 0) is 0 Å². The van der Waals surface area contributed by atoms with Crippen LogP contribution in [0.2, 0.25) is 0 Å². The number of hydrogen-bond donors (Lipinski definition) is 1. The summed E-state index contributed by atoms with van der Waals surface area (Å²) >= 11 is 0. The largest absolute Gasteiger partial charge is 0.324 e. The molecule has 5 heteroatoms. The molecule has 0 bridgehead atoms. The van der Waals surface area contributed by atoms with E-state index in [-0.39, 0.29) is 11.6 Å². The molecule has 2 aromatic carbocycles. The van der Waals surface area contributed by atoms with Gasteiger partial charge in [0.2, 0.25) is 0 Å². The lowest BCUT2D eigenvalue weighted by molar-refractivity contribution is 0.0979. The molecule has 0 saturated heterocycles. The third kappa shape index (κ3) is 2.29. The number of nitrogens with two attached hydrogens (primary N) is 1. The second kappa shape index (κ2) is 5.26. The van der Waals surface area contributed by atoms with Crippen molar-refractivity contribution in [3.8, 4) is 0 Å². The van der Waals surface area contributed by atoms with Crippen LogP contribution in [-0.4, -0.2) is 12.5 Å². The zero-order chi connectivity index (χ0) is 15.0. The molecular formula is C16H14F2N2O. The lowest BCUT2D eigenvalue weighted by Crippen LogP contribution is -2.38. The predicted molar refractivity (Wildman–Crippen MR) is 76.0 cm³/mol. The average molecular weight is 288 g/mol. The fraction of sp³-hybridized carbons (Fsp3) is 0.188. The molecule has 1 atom stereocenters. The second-order valence-corrected chi connectivity index (χ2v) is 5.01. The van der Waals surface area contributed by atoms with Crippen molar-refractivity contribution in [1.82, 2.24) is 0 Å². The molecule has 0 spiro atoms. The SMILES string of the molecule is NC1CCN(C(=O)c2cccc(F)c2F)c2ccccc21. The molecule has 2 N–H and O–H groups in total. The number of hydrogen-bond acceptors (Lipinski definition) is 2. The monoisotopic (exact) mass is 288 g/mol. The molecule has 108 valence electrons. The lowest BCUT2D eigenvalue weighted by Gasteiger charge is -2.32. The first-order chi connectivity index (χ1) is 10.1. The predicted octanol–water partition coefficient (Wildman–Crippen LogP) is 3.02. The van der Waals surface area contributed by atoms with Crippen LogP contribution < -0.4 is 10.6 Å². The van der Waals surface area contributed by atoms with Crippen molar-refractivity contribution < 1.29 is 13.6 Å². The molecule has 1 aliphatic heterocycles. The number of fused-ring (bicyclic) bond motifs is 1. The quantitative estimate of drug-likeness (QED) is 0.876. The van der Waals surface area contributed by atoms with E-state index in [1.807, 2.05) is 12.1 Å². The number of carbonyl (C=O) groups excluding carboxylic acids is 1. The van der Waals surface area contributed by atoms with Crippen LogP contribution in [0.25, 0.3) is 0 Å². The standard InChI is InChI=1S/C16H14F2N2O/c17-12-6-3-5-11(15(12)18)16(21)20-9-8-13(19)10-4-1-2-7-14(10)20/h1-7,13H,8-9,19H2. The first-order valence-electron chi connectivity index (χ1n) is 6.70. The Morgan fingerprint density at radius 3 is 2.71 bits per heavy atom. The van der Waals surface area contributed by atoms with Gasteiger partial charge in [0.1, 0.15) is 0 Å². The summed E-state index contributed by atoms with van der Waals surface area (Å²) in [5, 5.41) is 0. The van der Waals surface area contributed by atoms with Crippen LogP contribution in [0.3, 0.4) is 0 Å². The van der Waals surface area contributed by atoms with Crippen LogP contribution in [0.4, 0.5) is 14.5 Å². The molecule has 1 heterocycles. The third-order valence-corrected chi connectivity index (χ3v) is 3.72. The van der Waals surface area contributed by atoms with E-state index in [9.17, 15) is 13.6 Å². The Kier molecular flexibility index (Phi) is 3.43. The number of rotatable bonds is 1. The minimum absolute atomic E-state index is 0.150. The van der Waals surface area contributed by atoms with E-state index in [1.165, 1.54) is 17.0 Å². The van der Waals surface area contributed by atoms with Crippen LogP contribution in [0.15, 0.2) is 42.5 Å². The number of halogens is 2. The zero-order valence-corrected chi connectivity index (χ0v) is 11.2. The van der Waals surface area contributed by atoms with Gasteiger partial charge in [-0.25, -0.2) is 8.78 Å². The van der Waals surface area contributed by atoms with E-state index in [0.29, 0.717) is 18.7 Å². The van der Waals surface area contributed by atoms with Crippen molar-refractivity contribution in [1.29, 1.82) is 0 Å². The van der Waals surface area contributed by atoms with Gasteiger partial charge in [-0.15, -0.1) is 0 Å². The Morgan fingerprint density at radius 2 is 1.90 bits per heavy atom. The van der Waals surface area contributed by atoms with Gasteiger partial charge in [0.05, 0.1) is 5.56 Å². The molecule has 0 saturated carbocycles. The number of anilines is 1. The van der Waals surface area contributed by atoms with Gasteiger partial charge in [-0.05, 0) is 30.2 Å². The molecule has 2 aromatic rings. The third-order valence-electron chi connectivity index (χ3n) is 3.72. The van der Waals surface area contributed by atoms with Crippen molar-refractivity contribution in [3.63, 3.8) is 0 Å². The first kappa shape index (κ1) is 13.7. The number of benzene rings is 2. The van der Waals surface area contributed by atoms with E-state index in [1.54, 1.807) is 12.1 Å². The molecule has 1 aliphatic rings. The Morgan fingerprint density at radius 1 is 1.14 bits per heavy atom. The average Bonchev–Trinajstić information content (AvgIpc) is 2.50. The van der Waals surface area contributed by atoms with Crippen molar-refractivity contribution in [2.45, 2.75) is 12.5 Å². The van der Waals surface area contributed by atoms with E-state index in [2.05, 4.69) is 0 Å². The van der Waals surface area contributed by atoms with Gasteiger partial charge < -0.3 is 10.6 Å². The topological polar surface area (TPSA) is 46.3 Å². The zero-order valence-electron chi connectivity index (χ0n) is 11.2. The van der Waals surface area contributed by atoms with E-state index in [4.69, 9.17) is 5.73 Å². The van der Waals surface area contributed by atoms with Crippen molar-refractivity contribution in [3.05, 3.63) is 65.2 Å². The molecule has 1 amide bonds. The van der Waals surface area contributed by atoms with Crippen LogP contribution in [0, 0.1) is 11.6 Å². The van der Waals surface area contributed by atoms with Gasteiger partial charge in [0.25, 0.3) is 5.91 Å². The molecule has 0 radical (unpaired) electrons. The maximum atomic E-state index is 13.8. The van der Waals surface area contributed by atoms with Crippen LogP contribution in [0.1, 0.15) is 28.4 Å². The van der Waals surface area contributed by atoms with Crippen molar-refractivity contribution in [2.75, 3.05) is 11.4 Å². The fourth-order valence-electron chi connectivity index (χ4n) is 2.62. The second-order valence-electron chi connectivity index (χ2n) is 5.01.